The molecule has 2 heterocycles. The third kappa shape index (κ3) is 5.38. The fourth-order valence-corrected chi connectivity index (χ4v) is 5.11. The quantitative estimate of drug-likeness (QED) is 0.495. The molecule has 174 valence electrons. The number of amides is 1. The zero-order valence-corrected chi connectivity index (χ0v) is 19.8. The second kappa shape index (κ2) is 9.96. The molecule has 11 heteroatoms. The van der Waals surface area contributed by atoms with Crippen LogP contribution in [0.1, 0.15) is 11.1 Å². The molecule has 0 atom stereocenters. The number of nitrogens with one attached hydrogen (secondary N) is 2. The lowest BCUT2D eigenvalue weighted by Gasteiger charge is -2.26. The Balaban J connectivity index is 1.38. The minimum atomic E-state index is -3.54. The maximum atomic E-state index is 12.7. The number of rotatable bonds is 7. The Kier molecular flexibility index (Phi) is 7.03. The molecule has 0 saturated carbocycles. The van der Waals surface area contributed by atoms with Gasteiger partial charge in [-0.2, -0.15) is 9.40 Å². The van der Waals surface area contributed by atoms with E-state index in [-0.39, 0.29) is 23.9 Å². The van der Waals surface area contributed by atoms with Gasteiger partial charge in [-0.3, -0.25) is 14.5 Å². The number of H-pyrrole nitrogens is 1. The van der Waals surface area contributed by atoms with Gasteiger partial charge < -0.3 is 10.1 Å². The molecule has 1 aromatic heterocycles. The standard InChI is InChI=1S/C22H25N5O4S2/c1-16-2-6-18(7-3-16)21-24-25-22(32)27(21)15-20(28)23-14-17-4-8-19(9-5-17)33(29,30)26-10-12-31-13-11-26/h2-9H,10-15H2,1H3,(H,23,28)(H,25,32). The largest absolute Gasteiger partial charge is 0.379 e. The Hall–Kier alpha value is -2.86. The van der Waals surface area contributed by atoms with Crippen LogP contribution in [0.5, 0.6) is 0 Å². The first-order chi connectivity index (χ1) is 15.8. The number of sulfonamides is 1. The topological polar surface area (TPSA) is 109 Å². The average molecular weight is 488 g/mol. The lowest BCUT2D eigenvalue weighted by atomic mass is 10.1. The Morgan fingerprint density at radius 2 is 1.79 bits per heavy atom. The summed E-state index contributed by atoms with van der Waals surface area (Å²) >= 11 is 5.29. The van der Waals surface area contributed by atoms with Crippen molar-refractivity contribution in [2.75, 3.05) is 26.3 Å². The number of carbonyl (C=O) groups is 1. The summed E-state index contributed by atoms with van der Waals surface area (Å²) in [5.41, 5.74) is 2.78. The van der Waals surface area contributed by atoms with E-state index in [1.165, 1.54) is 4.31 Å². The van der Waals surface area contributed by atoms with Crippen molar-refractivity contribution in [2.45, 2.75) is 24.9 Å². The van der Waals surface area contributed by atoms with Crippen molar-refractivity contribution in [2.24, 2.45) is 0 Å². The highest BCUT2D eigenvalue weighted by atomic mass is 32.2. The van der Waals surface area contributed by atoms with Crippen molar-refractivity contribution in [3.63, 3.8) is 0 Å². The van der Waals surface area contributed by atoms with Gasteiger partial charge >= 0.3 is 0 Å². The van der Waals surface area contributed by atoms with Gasteiger partial charge in [0.1, 0.15) is 6.54 Å². The molecule has 1 amide bonds. The van der Waals surface area contributed by atoms with Crippen LogP contribution in [0.4, 0.5) is 0 Å². The molecule has 33 heavy (non-hydrogen) atoms. The molecule has 0 radical (unpaired) electrons. The number of morpholine rings is 1. The van der Waals surface area contributed by atoms with Crippen molar-refractivity contribution in [1.82, 2.24) is 24.4 Å². The van der Waals surface area contributed by atoms with Gasteiger partial charge in [-0.25, -0.2) is 8.42 Å². The first kappa shape index (κ1) is 23.3. The average Bonchev–Trinajstić information content (AvgIpc) is 3.19. The van der Waals surface area contributed by atoms with Crippen LogP contribution >= 0.6 is 12.2 Å². The smallest absolute Gasteiger partial charge is 0.243 e. The second-order valence-electron chi connectivity index (χ2n) is 7.74. The number of carbonyl (C=O) groups excluding carboxylic acids is 1. The molecule has 9 nitrogen and oxygen atoms in total. The summed E-state index contributed by atoms with van der Waals surface area (Å²) in [5, 5.41) is 9.85. The Labute approximate surface area is 197 Å². The van der Waals surface area contributed by atoms with Gasteiger partial charge in [0.25, 0.3) is 0 Å². The van der Waals surface area contributed by atoms with Gasteiger partial charge in [0, 0.05) is 25.2 Å². The van der Waals surface area contributed by atoms with E-state index in [1.54, 1.807) is 28.8 Å². The third-order valence-corrected chi connectivity index (χ3v) is 7.62. The monoisotopic (exact) mass is 487 g/mol. The predicted octanol–water partition coefficient (Wildman–Crippen LogP) is 2.25. The molecule has 0 bridgehead atoms. The summed E-state index contributed by atoms with van der Waals surface area (Å²) < 4.78 is 34.1. The predicted molar refractivity (Wildman–Crippen MR) is 125 cm³/mol. The van der Waals surface area contributed by atoms with Crippen LogP contribution in [0.3, 0.4) is 0 Å². The van der Waals surface area contributed by atoms with Crippen molar-refractivity contribution < 1.29 is 17.9 Å². The molecular weight excluding hydrogens is 462 g/mol. The molecule has 0 unspecified atom stereocenters. The number of hydrogen-bond acceptors (Lipinski definition) is 6. The number of aryl methyl sites for hydroxylation is 1. The van der Waals surface area contributed by atoms with Crippen molar-refractivity contribution in [3.05, 3.63) is 64.4 Å². The summed E-state index contributed by atoms with van der Waals surface area (Å²) in [6, 6.07) is 14.3. The van der Waals surface area contributed by atoms with Gasteiger partial charge in [-0.1, -0.05) is 42.0 Å². The number of ether oxygens (including phenoxy) is 1. The van der Waals surface area contributed by atoms with E-state index in [2.05, 4.69) is 15.5 Å². The minimum Gasteiger partial charge on any atom is -0.379 e. The fraction of sp³-hybridized carbons (Fsp3) is 0.318. The molecule has 1 saturated heterocycles. The van der Waals surface area contributed by atoms with Gasteiger partial charge in [0.05, 0.1) is 18.1 Å². The van der Waals surface area contributed by atoms with Crippen LogP contribution in [0, 0.1) is 11.7 Å². The lowest BCUT2D eigenvalue weighted by Crippen LogP contribution is -2.40. The lowest BCUT2D eigenvalue weighted by molar-refractivity contribution is -0.121. The number of nitrogens with zero attached hydrogens (tertiary/aromatic N) is 3. The highest BCUT2D eigenvalue weighted by Crippen LogP contribution is 2.19. The first-order valence-corrected chi connectivity index (χ1v) is 12.4. The Morgan fingerprint density at radius 3 is 2.45 bits per heavy atom. The second-order valence-corrected chi connectivity index (χ2v) is 10.1. The van der Waals surface area contributed by atoms with Gasteiger partial charge in [-0.15, -0.1) is 0 Å². The number of hydrogen-bond donors (Lipinski definition) is 2. The van der Waals surface area contributed by atoms with E-state index in [9.17, 15) is 13.2 Å². The Bertz CT molecular complexity index is 1280. The van der Waals surface area contributed by atoms with Crippen molar-refractivity contribution >= 4 is 28.1 Å². The maximum absolute atomic E-state index is 12.7. The molecule has 4 rings (SSSR count). The van der Waals surface area contributed by atoms with E-state index in [0.717, 1.165) is 16.7 Å². The minimum absolute atomic E-state index is 0.0159. The molecule has 2 aromatic carbocycles. The summed E-state index contributed by atoms with van der Waals surface area (Å²) in [6.45, 7) is 3.77. The highest BCUT2D eigenvalue weighted by molar-refractivity contribution is 7.89. The molecule has 0 spiro atoms. The molecule has 1 fully saturated rings. The molecule has 1 aliphatic rings. The van der Waals surface area contributed by atoms with Gasteiger partial charge in [0.2, 0.25) is 15.9 Å². The molecule has 0 aliphatic carbocycles. The molecule has 2 N–H and O–H groups in total. The van der Waals surface area contributed by atoms with Crippen LogP contribution in [-0.2, 0) is 32.6 Å². The normalized spacial score (nSPS) is 14.8. The summed E-state index contributed by atoms with van der Waals surface area (Å²) in [4.78, 5) is 12.8. The van der Waals surface area contributed by atoms with Crippen molar-refractivity contribution in [1.29, 1.82) is 0 Å². The van der Waals surface area contributed by atoms with Crippen LogP contribution in [0.25, 0.3) is 11.4 Å². The fourth-order valence-electron chi connectivity index (χ4n) is 3.50. The molecule has 1 aliphatic heterocycles. The molecule has 3 aromatic rings. The summed E-state index contributed by atoms with van der Waals surface area (Å²) in [5.74, 6) is 0.360. The van der Waals surface area contributed by atoms with E-state index < -0.39 is 10.0 Å². The van der Waals surface area contributed by atoms with Gasteiger partial charge in [0.15, 0.2) is 10.6 Å². The van der Waals surface area contributed by atoms with Crippen LogP contribution in [-0.4, -0.2) is 59.7 Å². The number of aromatic amines is 1. The first-order valence-electron chi connectivity index (χ1n) is 10.5. The SMILES string of the molecule is Cc1ccc(-c2n[nH]c(=S)n2CC(=O)NCc2ccc(S(=O)(=O)N3CCOCC3)cc2)cc1. The summed E-state index contributed by atoms with van der Waals surface area (Å²) in [6.07, 6.45) is 0. The van der Waals surface area contributed by atoms with E-state index in [4.69, 9.17) is 17.0 Å². The van der Waals surface area contributed by atoms with E-state index >= 15 is 0 Å². The number of benzene rings is 2. The van der Waals surface area contributed by atoms with Crippen LogP contribution in [0.15, 0.2) is 53.4 Å². The van der Waals surface area contributed by atoms with Gasteiger partial charge in [-0.05, 0) is 36.8 Å². The van der Waals surface area contributed by atoms with E-state index in [1.807, 2.05) is 31.2 Å². The van der Waals surface area contributed by atoms with Crippen molar-refractivity contribution in [3.8, 4) is 11.4 Å². The van der Waals surface area contributed by atoms with E-state index in [0.29, 0.717) is 36.9 Å². The third-order valence-electron chi connectivity index (χ3n) is 5.39. The molecular formula is C22H25N5O4S2. The summed E-state index contributed by atoms with van der Waals surface area (Å²) in [7, 11) is -3.54. The number of aromatic nitrogens is 3. The zero-order chi connectivity index (χ0) is 23.4. The van der Waals surface area contributed by atoms with Crippen LogP contribution < -0.4 is 5.32 Å². The Morgan fingerprint density at radius 1 is 1.12 bits per heavy atom. The van der Waals surface area contributed by atoms with Crippen LogP contribution in [0.2, 0.25) is 0 Å². The zero-order valence-electron chi connectivity index (χ0n) is 18.2. The highest BCUT2D eigenvalue weighted by Gasteiger charge is 2.26. The maximum Gasteiger partial charge on any atom is 0.243 e.